The van der Waals surface area contributed by atoms with Gasteiger partial charge >= 0.3 is 0 Å². The number of furan rings is 1. The van der Waals surface area contributed by atoms with E-state index in [1.165, 1.54) is 11.2 Å². The molecule has 2 heterocycles. The number of methoxy groups -OCH3 is 1. The molecule has 0 spiro atoms. The van der Waals surface area contributed by atoms with E-state index in [1.807, 2.05) is 39.8 Å². The lowest BCUT2D eigenvalue weighted by atomic mass is 9.95. The van der Waals surface area contributed by atoms with Gasteiger partial charge in [0.25, 0.3) is 11.7 Å². The molecule has 0 aliphatic carbocycles. The zero-order valence-corrected chi connectivity index (χ0v) is 18.7. The number of hydrogen-bond donors (Lipinski definition) is 1. The highest BCUT2D eigenvalue weighted by Crippen LogP contribution is 2.44. The summed E-state index contributed by atoms with van der Waals surface area (Å²) >= 11 is 0. The summed E-state index contributed by atoms with van der Waals surface area (Å²) in [4.78, 5) is 27.9. The highest BCUT2D eigenvalue weighted by molar-refractivity contribution is 6.51. The molecule has 1 amide bonds. The first-order valence-corrected chi connectivity index (χ1v) is 10.3. The van der Waals surface area contributed by atoms with Crippen LogP contribution in [-0.4, -0.2) is 23.9 Å². The Kier molecular flexibility index (Phi) is 5.38. The first kappa shape index (κ1) is 21.4. The minimum absolute atomic E-state index is 0.00137. The lowest BCUT2D eigenvalue weighted by molar-refractivity contribution is -0.132. The summed E-state index contributed by atoms with van der Waals surface area (Å²) < 4.78 is 11.0. The Balaban J connectivity index is 1.98. The fourth-order valence-electron chi connectivity index (χ4n) is 4.20. The lowest BCUT2D eigenvalue weighted by Gasteiger charge is -2.25. The van der Waals surface area contributed by atoms with Gasteiger partial charge in [-0.05, 0) is 80.3 Å². The Hall–Kier alpha value is -3.80. The summed E-state index contributed by atoms with van der Waals surface area (Å²) in [6.45, 7) is 7.52. The maximum Gasteiger partial charge on any atom is 0.300 e. The van der Waals surface area contributed by atoms with E-state index in [9.17, 15) is 14.7 Å². The van der Waals surface area contributed by atoms with Crippen LogP contribution in [0.4, 0.5) is 5.69 Å². The molecule has 1 fully saturated rings. The Bertz CT molecular complexity index is 1250. The Labute approximate surface area is 186 Å². The molecule has 0 radical (unpaired) electrons. The smallest absolute Gasteiger partial charge is 0.300 e. The van der Waals surface area contributed by atoms with Crippen molar-refractivity contribution < 1.29 is 23.8 Å². The maximum atomic E-state index is 13.2. The van der Waals surface area contributed by atoms with Crippen molar-refractivity contribution in [3.63, 3.8) is 0 Å². The molecular weight excluding hydrogens is 406 g/mol. The molecule has 1 aromatic heterocycles. The molecule has 0 bridgehead atoms. The largest absolute Gasteiger partial charge is 0.507 e. The molecule has 6 nitrogen and oxygen atoms in total. The molecule has 3 aromatic rings. The minimum atomic E-state index is -0.882. The Morgan fingerprint density at radius 3 is 2.41 bits per heavy atom. The van der Waals surface area contributed by atoms with E-state index in [4.69, 9.17) is 9.15 Å². The van der Waals surface area contributed by atoms with Crippen molar-refractivity contribution in [2.24, 2.45) is 0 Å². The number of ketones is 1. The number of anilines is 1. The first-order chi connectivity index (χ1) is 15.3. The number of aryl methyl sites for hydroxylation is 3. The van der Waals surface area contributed by atoms with Gasteiger partial charge in [-0.2, -0.15) is 0 Å². The van der Waals surface area contributed by atoms with Crippen LogP contribution in [-0.2, 0) is 9.59 Å². The zero-order chi connectivity index (χ0) is 23.2. The molecule has 6 heteroatoms. The van der Waals surface area contributed by atoms with Crippen LogP contribution < -0.4 is 9.64 Å². The van der Waals surface area contributed by atoms with E-state index in [0.29, 0.717) is 22.8 Å². The SMILES string of the molecule is COc1cc(C)c(/C(O)=C2/C(=O)C(=O)N(c3cccc(C)c3C)C2c2ccco2)cc1C. The fraction of sp³-hybridized carbons (Fsp3) is 0.231. The molecular formula is C26H25NO5. The summed E-state index contributed by atoms with van der Waals surface area (Å²) in [6, 6.07) is 11.7. The van der Waals surface area contributed by atoms with E-state index in [2.05, 4.69) is 0 Å². The Morgan fingerprint density at radius 1 is 1.00 bits per heavy atom. The van der Waals surface area contributed by atoms with Gasteiger partial charge in [0.2, 0.25) is 0 Å². The third-order valence-electron chi connectivity index (χ3n) is 6.09. The number of amides is 1. The molecule has 1 aliphatic rings. The van der Waals surface area contributed by atoms with E-state index in [1.54, 1.807) is 37.4 Å². The quantitative estimate of drug-likeness (QED) is 0.351. The molecule has 1 N–H and O–H groups in total. The normalized spacial score (nSPS) is 17.8. The highest BCUT2D eigenvalue weighted by atomic mass is 16.5. The average Bonchev–Trinajstić information content (AvgIpc) is 3.38. The number of carbonyl (C=O) groups is 2. The van der Waals surface area contributed by atoms with Gasteiger partial charge in [-0.1, -0.05) is 12.1 Å². The van der Waals surface area contributed by atoms with Crippen molar-refractivity contribution in [3.8, 4) is 5.75 Å². The van der Waals surface area contributed by atoms with E-state index in [0.717, 1.165) is 22.3 Å². The van der Waals surface area contributed by atoms with Crippen LogP contribution in [0.2, 0.25) is 0 Å². The summed E-state index contributed by atoms with van der Waals surface area (Å²) in [5, 5.41) is 11.3. The highest BCUT2D eigenvalue weighted by Gasteiger charge is 2.48. The van der Waals surface area contributed by atoms with Gasteiger partial charge in [0, 0.05) is 11.3 Å². The molecule has 2 aromatic carbocycles. The van der Waals surface area contributed by atoms with Crippen LogP contribution in [0.1, 0.15) is 39.6 Å². The number of nitrogens with zero attached hydrogens (tertiary/aromatic N) is 1. The van der Waals surface area contributed by atoms with Gasteiger partial charge < -0.3 is 14.3 Å². The molecule has 1 aliphatic heterocycles. The number of aliphatic hydroxyl groups is 1. The van der Waals surface area contributed by atoms with Gasteiger partial charge in [0.05, 0.1) is 18.9 Å². The van der Waals surface area contributed by atoms with Crippen molar-refractivity contribution in [3.05, 3.63) is 87.9 Å². The number of aliphatic hydroxyl groups excluding tert-OH is 1. The van der Waals surface area contributed by atoms with E-state index >= 15 is 0 Å². The number of hydrogen-bond acceptors (Lipinski definition) is 5. The van der Waals surface area contributed by atoms with Crippen molar-refractivity contribution in [2.45, 2.75) is 33.7 Å². The number of benzene rings is 2. The van der Waals surface area contributed by atoms with Gasteiger partial charge in [-0.3, -0.25) is 14.5 Å². The third kappa shape index (κ3) is 3.28. The van der Waals surface area contributed by atoms with Crippen LogP contribution in [0, 0.1) is 27.7 Å². The monoisotopic (exact) mass is 431 g/mol. The van der Waals surface area contributed by atoms with Crippen molar-refractivity contribution >= 4 is 23.1 Å². The topological polar surface area (TPSA) is 80.0 Å². The summed E-state index contributed by atoms with van der Waals surface area (Å²) in [5.74, 6) is -0.616. The molecule has 0 saturated carbocycles. The van der Waals surface area contributed by atoms with Gasteiger partial charge in [0.1, 0.15) is 23.3 Å². The van der Waals surface area contributed by atoms with E-state index < -0.39 is 17.7 Å². The number of rotatable bonds is 4. The standard InChI is InChI=1S/C26H25NO5/c1-14-8-6-9-19(17(14)4)27-23(20-10-7-11-32-20)22(25(29)26(27)30)24(28)18-12-16(3)21(31-5)13-15(18)2/h6-13,23,28H,1-5H3/b24-22-. The molecule has 164 valence electrons. The maximum absolute atomic E-state index is 13.2. The summed E-state index contributed by atoms with van der Waals surface area (Å²) in [6.07, 6.45) is 1.49. The number of ether oxygens (including phenoxy) is 1. The predicted molar refractivity (Wildman–Crippen MR) is 122 cm³/mol. The predicted octanol–water partition coefficient (Wildman–Crippen LogP) is 5.15. The molecule has 1 atom stereocenters. The van der Waals surface area contributed by atoms with Crippen molar-refractivity contribution in [1.82, 2.24) is 0 Å². The molecule has 32 heavy (non-hydrogen) atoms. The second kappa shape index (κ2) is 8.04. The van der Waals surface area contributed by atoms with Crippen LogP contribution in [0.15, 0.2) is 58.7 Å². The second-order valence-corrected chi connectivity index (χ2v) is 8.04. The van der Waals surface area contributed by atoms with E-state index in [-0.39, 0.29) is 11.3 Å². The minimum Gasteiger partial charge on any atom is -0.507 e. The Morgan fingerprint density at radius 2 is 1.75 bits per heavy atom. The number of Topliss-reactive ketones (excluding diaryl/α,β-unsaturated/α-hetero) is 1. The van der Waals surface area contributed by atoms with Gasteiger partial charge in [-0.15, -0.1) is 0 Å². The van der Waals surface area contributed by atoms with Crippen LogP contribution in [0.5, 0.6) is 5.75 Å². The van der Waals surface area contributed by atoms with Gasteiger partial charge in [0.15, 0.2) is 0 Å². The number of carbonyl (C=O) groups excluding carboxylic acids is 2. The van der Waals surface area contributed by atoms with Crippen molar-refractivity contribution in [2.75, 3.05) is 12.0 Å². The summed E-state index contributed by atoms with van der Waals surface area (Å²) in [5.41, 5.74) is 4.47. The molecule has 1 unspecified atom stereocenters. The second-order valence-electron chi connectivity index (χ2n) is 8.04. The van der Waals surface area contributed by atoms with Crippen LogP contribution >= 0.6 is 0 Å². The average molecular weight is 431 g/mol. The lowest BCUT2D eigenvalue weighted by Crippen LogP contribution is -2.30. The first-order valence-electron chi connectivity index (χ1n) is 10.3. The fourth-order valence-corrected chi connectivity index (χ4v) is 4.20. The van der Waals surface area contributed by atoms with Gasteiger partial charge in [-0.25, -0.2) is 0 Å². The van der Waals surface area contributed by atoms with Crippen molar-refractivity contribution in [1.29, 1.82) is 0 Å². The third-order valence-corrected chi connectivity index (χ3v) is 6.09. The van der Waals surface area contributed by atoms with Crippen LogP contribution in [0.3, 0.4) is 0 Å². The summed E-state index contributed by atoms with van der Waals surface area (Å²) in [7, 11) is 1.58. The molecule has 4 rings (SSSR count). The molecule has 1 saturated heterocycles. The zero-order valence-electron chi connectivity index (χ0n) is 18.7. The van der Waals surface area contributed by atoms with Crippen LogP contribution in [0.25, 0.3) is 5.76 Å².